The van der Waals surface area contributed by atoms with Gasteiger partial charge >= 0.3 is 0 Å². The molecule has 0 aliphatic heterocycles. The molecule has 0 aliphatic rings. The molecule has 0 heterocycles. The van der Waals surface area contributed by atoms with E-state index >= 15 is 0 Å². The molecular weight excluding hydrogens is 294 g/mol. The highest BCUT2D eigenvalue weighted by molar-refractivity contribution is 9.10. The third kappa shape index (κ3) is 3.89. The van der Waals surface area contributed by atoms with Crippen molar-refractivity contribution in [1.82, 2.24) is 0 Å². The highest BCUT2D eigenvalue weighted by Gasteiger charge is 2.15. The Labute approximate surface area is 118 Å². The molecule has 0 saturated carbocycles. The first-order chi connectivity index (χ1) is 8.63. The van der Waals surface area contributed by atoms with Crippen LogP contribution >= 0.6 is 15.9 Å². The van der Waals surface area contributed by atoms with Crippen molar-refractivity contribution in [3.63, 3.8) is 0 Å². The van der Waals surface area contributed by atoms with Crippen LogP contribution in [0.15, 0.2) is 16.6 Å². The molecule has 0 saturated heterocycles. The minimum Gasteiger partial charge on any atom is -0.490 e. The van der Waals surface area contributed by atoms with E-state index in [1.54, 1.807) is 0 Å². The first-order valence-electron chi connectivity index (χ1n) is 6.48. The van der Waals surface area contributed by atoms with Crippen molar-refractivity contribution in [3.8, 4) is 11.5 Å². The van der Waals surface area contributed by atoms with Crippen molar-refractivity contribution in [2.45, 2.75) is 39.7 Å². The standard InChI is InChI=1S/C14H22BrNO2/c1-4-7-12(16)10-8-13(17-5-2)14(18-6-3)9-11(10)15/h8-9,12H,4-7,16H2,1-3H3. The zero-order chi connectivity index (χ0) is 13.5. The Bertz CT molecular complexity index is 382. The number of ether oxygens (including phenoxy) is 2. The van der Waals surface area contributed by atoms with Crippen molar-refractivity contribution in [3.05, 3.63) is 22.2 Å². The molecule has 0 amide bonds. The second-order valence-corrected chi connectivity index (χ2v) is 4.94. The molecular formula is C14H22BrNO2. The highest BCUT2D eigenvalue weighted by Crippen LogP contribution is 2.36. The summed E-state index contributed by atoms with van der Waals surface area (Å²) in [4.78, 5) is 0. The third-order valence-electron chi connectivity index (χ3n) is 2.66. The van der Waals surface area contributed by atoms with Gasteiger partial charge in [0.2, 0.25) is 0 Å². The molecule has 102 valence electrons. The van der Waals surface area contributed by atoms with Gasteiger partial charge in [-0.25, -0.2) is 0 Å². The Morgan fingerprint density at radius 1 is 1.11 bits per heavy atom. The van der Waals surface area contributed by atoms with Crippen molar-refractivity contribution in [2.75, 3.05) is 13.2 Å². The van der Waals surface area contributed by atoms with Crippen LogP contribution in [0.3, 0.4) is 0 Å². The van der Waals surface area contributed by atoms with E-state index in [9.17, 15) is 0 Å². The summed E-state index contributed by atoms with van der Waals surface area (Å²) >= 11 is 3.56. The molecule has 2 N–H and O–H groups in total. The molecule has 1 unspecified atom stereocenters. The first kappa shape index (κ1) is 15.3. The predicted octanol–water partition coefficient (Wildman–Crippen LogP) is 4.05. The minimum absolute atomic E-state index is 0.0271. The highest BCUT2D eigenvalue weighted by atomic mass is 79.9. The van der Waals surface area contributed by atoms with Crippen molar-refractivity contribution >= 4 is 15.9 Å². The van der Waals surface area contributed by atoms with Gasteiger partial charge in [-0.05, 0) is 38.0 Å². The Morgan fingerprint density at radius 2 is 1.67 bits per heavy atom. The number of nitrogens with two attached hydrogens (primary N) is 1. The minimum atomic E-state index is 0.0271. The van der Waals surface area contributed by atoms with Crippen LogP contribution in [0.25, 0.3) is 0 Å². The predicted molar refractivity (Wildman–Crippen MR) is 78.3 cm³/mol. The van der Waals surface area contributed by atoms with Gasteiger partial charge in [0.25, 0.3) is 0 Å². The summed E-state index contributed by atoms with van der Waals surface area (Å²) in [7, 11) is 0. The molecule has 1 rings (SSSR count). The fraction of sp³-hybridized carbons (Fsp3) is 0.571. The van der Waals surface area contributed by atoms with E-state index in [4.69, 9.17) is 15.2 Å². The third-order valence-corrected chi connectivity index (χ3v) is 3.35. The van der Waals surface area contributed by atoms with Gasteiger partial charge in [0, 0.05) is 10.5 Å². The average molecular weight is 316 g/mol. The molecule has 1 aromatic carbocycles. The lowest BCUT2D eigenvalue weighted by molar-refractivity contribution is 0.287. The van der Waals surface area contributed by atoms with Gasteiger partial charge in [0.15, 0.2) is 11.5 Å². The summed E-state index contributed by atoms with van der Waals surface area (Å²) in [5.74, 6) is 1.53. The van der Waals surface area contributed by atoms with Crippen LogP contribution in [0.4, 0.5) is 0 Å². The number of halogens is 1. The second-order valence-electron chi connectivity index (χ2n) is 4.08. The monoisotopic (exact) mass is 315 g/mol. The van der Waals surface area contributed by atoms with Gasteiger partial charge in [-0.15, -0.1) is 0 Å². The molecule has 0 spiro atoms. The van der Waals surface area contributed by atoms with Gasteiger partial charge in [0.1, 0.15) is 0 Å². The second kappa shape index (κ2) is 7.64. The van der Waals surface area contributed by atoms with Crippen LogP contribution < -0.4 is 15.2 Å². The van der Waals surface area contributed by atoms with Gasteiger partial charge in [-0.1, -0.05) is 29.3 Å². The molecule has 0 aromatic heterocycles. The van der Waals surface area contributed by atoms with Gasteiger partial charge in [0.05, 0.1) is 13.2 Å². The molecule has 18 heavy (non-hydrogen) atoms. The molecule has 1 atom stereocenters. The largest absolute Gasteiger partial charge is 0.490 e. The summed E-state index contributed by atoms with van der Waals surface area (Å²) in [6.45, 7) is 7.28. The van der Waals surface area contributed by atoms with Crippen molar-refractivity contribution < 1.29 is 9.47 Å². The zero-order valence-electron chi connectivity index (χ0n) is 11.3. The average Bonchev–Trinajstić information content (AvgIpc) is 2.33. The SMILES string of the molecule is CCCC(N)c1cc(OCC)c(OCC)cc1Br. The van der Waals surface area contributed by atoms with Crippen LogP contribution in [0.1, 0.15) is 45.2 Å². The maximum atomic E-state index is 6.17. The Hall–Kier alpha value is -0.740. The Morgan fingerprint density at radius 3 is 2.17 bits per heavy atom. The fourth-order valence-electron chi connectivity index (χ4n) is 1.84. The Kier molecular flexibility index (Phi) is 6.50. The molecule has 0 fully saturated rings. The van der Waals surface area contributed by atoms with Gasteiger partial charge in [-0.2, -0.15) is 0 Å². The lowest BCUT2D eigenvalue weighted by atomic mass is 10.0. The molecule has 1 aromatic rings. The summed E-state index contributed by atoms with van der Waals surface area (Å²) < 4.78 is 12.2. The van der Waals surface area contributed by atoms with Crippen molar-refractivity contribution in [2.24, 2.45) is 5.73 Å². The van der Waals surface area contributed by atoms with Gasteiger partial charge < -0.3 is 15.2 Å². The van der Waals surface area contributed by atoms with Crippen LogP contribution in [0, 0.1) is 0 Å². The number of hydrogen-bond donors (Lipinski definition) is 1. The topological polar surface area (TPSA) is 44.5 Å². The van der Waals surface area contributed by atoms with Gasteiger partial charge in [-0.3, -0.25) is 0 Å². The smallest absolute Gasteiger partial charge is 0.162 e. The maximum Gasteiger partial charge on any atom is 0.162 e. The number of rotatable bonds is 7. The quantitative estimate of drug-likeness (QED) is 0.825. The lowest BCUT2D eigenvalue weighted by Gasteiger charge is -2.17. The Balaban J connectivity index is 3.09. The maximum absolute atomic E-state index is 6.17. The van der Waals surface area contributed by atoms with E-state index < -0.39 is 0 Å². The van der Waals surface area contributed by atoms with Crippen LogP contribution in [-0.4, -0.2) is 13.2 Å². The summed E-state index contributed by atoms with van der Waals surface area (Å²) in [5.41, 5.74) is 7.24. The van der Waals surface area contributed by atoms with E-state index in [0.29, 0.717) is 13.2 Å². The van der Waals surface area contributed by atoms with E-state index in [0.717, 1.165) is 34.4 Å². The van der Waals surface area contributed by atoms with E-state index in [1.165, 1.54) is 0 Å². The zero-order valence-corrected chi connectivity index (χ0v) is 12.9. The fourth-order valence-corrected chi connectivity index (χ4v) is 2.45. The van der Waals surface area contributed by atoms with E-state index in [-0.39, 0.29) is 6.04 Å². The molecule has 4 heteroatoms. The molecule has 0 bridgehead atoms. The molecule has 3 nitrogen and oxygen atoms in total. The molecule has 0 aliphatic carbocycles. The van der Waals surface area contributed by atoms with Crippen molar-refractivity contribution in [1.29, 1.82) is 0 Å². The molecule has 0 radical (unpaired) electrons. The van der Waals surface area contributed by atoms with E-state index in [2.05, 4.69) is 22.9 Å². The van der Waals surface area contributed by atoms with E-state index in [1.807, 2.05) is 26.0 Å². The summed E-state index contributed by atoms with van der Waals surface area (Å²) in [6.07, 6.45) is 2.02. The summed E-state index contributed by atoms with van der Waals surface area (Å²) in [5, 5.41) is 0. The normalized spacial score (nSPS) is 12.3. The lowest BCUT2D eigenvalue weighted by Crippen LogP contribution is -2.11. The number of benzene rings is 1. The summed E-state index contributed by atoms with van der Waals surface area (Å²) in [6, 6.07) is 3.96. The van der Waals surface area contributed by atoms with Crippen LogP contribution in [0.5, 0.6) is 11.5 Å². The van der Waals surface area contributed by atoms with Crippen LogP contribution in [0.2, 0.25) is 0 Å². The van der Waals surface area contributed by atoms with Crippen LogP contribution in [-0.2, 0) is 0 Å². The number of hydrogen-bond acceptors (Lipinski definition) is 3. The first-order valence-corrected chi connectivity index (χ1v) is 7.27.